The predicted octanol–water partition coefficient (Wildman–Crippen LogP) is 3.29. The van der Waals surface area contributed by atoms with E-state index in [2.05, 4.69) is 6.58 Å². The summed E-state index contributed by atoms with van der Waals surface area (Å²) in [6.07, 6.45) is -2.29. The van der Waals surface area contributed by atoms with Crippen LogP contribution >= 0.6 is 0 Å². The molecule has 1 aromatic rings. The van der Waals surface area contributed by atoms with E-state index in [1.807, 2.05) is 0 Å². The van der Waals surface area contributed by atoms with Gasteiger partial charge in [-0.25, -0.2) is 0 Å². The maximum absolute atomic E-state index is 12.5. The minimum Gasteiger partial charge on any atom is -0.496 e. The van der Waals surface area contributed by atoms with E-state index in [1.54, 1.807) is 6.08 Å². The van der Waals surface area contributed by atoms with Crippen molar-refractivity contribution in [3.63, 3.8) is 0 Å². The van der Waals surface area contributed by atoms with Gasteiger partial charge in [0.05, 0.1) is 12.7 Å². The second kappa shape index (κ2) is 5.23. The van der Waals surface area contributed by atoms with Gasteiger partial charge in [0.1, 0.15) is 5.75 Å². The Morgan fingerprint density at radius 1 is 1.47 bits per heavy atom. The van der Waals surface area contributed by atoms with E-state index in [-0.39, 0.29) is 5.75 Å². The van der Waals surface area contributed by atoms with Gasteiger partial charge < -0.3 is 10.5 Å². The van der Waals surface area contributed by atoms with Crippen molar-refractivity contribution in [1.82, 2.24) is 0 Å². The van der Waals surface area contributed by atoms with E-state index in [0.29, 0.717) is 12.0 Å². The Balaban J connectivity index is 3.14. The van der Waals surface area contributed by atoms with E-state index >= 15 is 0 Å². The molecule has 0 aromatic heterocycles. The van der Waals surface area contributed by atoms with Gasteiger partial charge in [0.15, 0.2) is 0 Å². The smallest absolute Gasteiger partial charge is 0.416 e. The summed E-state index contributed by atoms with van der Waals surface area (Å²) in [5.41, 5.74) is 5.60. The predicted molar refractivity (Wildman–Crippen MR) is 59.7 cm³/mol. The minimum atomic E-state index is -4.38. The molecule has 0 radical (unpaired) electrons. The minimum absolute atomic E-state index is 0.147. The lowest BCUT2D eigenvalue weighted by atomic mass is 10.0. The van der Waals surface area contributed by atoms with Gasteiger partial charge in [-0.15, -0.1) is 6.58 Å². The van der Waals surface area contributed by atoms with E-state index in [9.17, 15) is 13.2 Å². The van der Waals surface area contributed by atoms with Crippen LogP contribution in [0, 0.1) is 0 Å². The Morgan fingerprint density at radius 3 is 2.59 bits per heavy atom. The molecule has 94 valence electrons. The van der Waals surface area contributed by atoms with Crippen molar-refractivity contribution in [2.75, 3.05) is 7.11 Å². The van der Waals surface area contributed by atoms with Crippen LogP contribution in [0.4, 0.5) is 13.2 Å². The molecule has 0 fully saturated rings. The molecule has 0 amide bonds. The first kappa shape index (κ1) is 13.6. The number of hydrogen-bond acceptors (Lipinski definition) is 2. The zero-order valence-corrected chi connectivity index (χ0v) is 9.42. The highest BCUT2D eigenvalue weighted by atomic mass is 19.4. The average molecular weight is 245 g/mol. The molecule has 0 saturated heterocycles. The summed E-state index contributed by atoms with van der Waals surface area (Å²) < 4.78 is 42.4. The molecule has 0 saturated carbocycles. The summed E-state index contributed by atoms with van der Waals surface area (Å²) in [5.74, 6) is 0.147. The van der Waals surface area contributed by atoms with Crippen molar-refractivity contribution in [2.45, 2.75) is 18.6 Å². The monoisotopic (exact) mass is 245 g/mol. The van der Waals surface area contributed by atoms with Crippen LogP contribution in [0.1, 0.15) is 23.6 Å². The SMILES string of the molecule is C=CC[C@@H](N)c1ccc(C(F)(F)F)cc1OC. The van der Waals surface area contributed by atoms with Crippen molar-refractivity contribution >= 4 is 0 Å². The standard InChI is InChI=1S/C12H14F3NO/c1-3-4-10(16)9-6-5-8(12(13,14)15)7-11(9)17-2/h3,5-7,10H,1,4,16H2,2H3/t10-/m1/s1. The van der Waals surface area contributed by atoms with Gasteiger partial charge in [-0.1, -0.05) is 12.1 Å². The third-order valence-corrected chi connectivity index (χ3v) is 2.38. The quantitative estimate of drug-likeness (QED) is 0.826. The molecule has 0 aliphatic carbocycles. The maximum atomic E-state index is 12.5. The van der Waals surface area contributed by atoms with E-state index in [4.69, 9.17) is 10.5 Å². The Hall–Kier alpha value is -1.49. The normalized spacial score (nSPS) is 13.2. The first-order valence-corrected chi connectivity index (χ1v) is 5.01. The van der Waals surface area contributed by atoms with Crippen LogP contribution < -0.4 is 10.5 Å². The van der Waals surface area contributed by atoms with Crippen molar-refractivity contribution in [3.8, 4) is 5.75 Å². The van der Waals surface area contributed by atoms with Crippen molar-refractivity contribution in [1.29, 1.82) is 0 Å². The van der Waals surface area contributed by atoms with Crippen LogP contribution in [0.2, 0.25) is 0 Å². The van der Waals surface area contributed by atoms with Gasteiger partial charge in [0, 0.05) is 11.6 Å². The number of methoxy groups -OCH3 is 1. The van der Waals surface area contributed by atoms with Crippen LogP contribution in [0.15, 0.2) is 30.9 Å². The van der Waals surface area contributed by atoms with Gasteiger partial charge in [-0.3, -0.25) is 0 Å². The fourth-order valence-corrected chi connectivity index (χ4v) is 1.50. The lowest BCUT2D eigenvalue weighted by molar-refractivity contribution is -0.137. The number of ether oxygens (including phenoxy) is 1. The Morgan fingerprint density at radius 2 is 2.12 bits per heavy atom. The fraction of sp³-hybridized carbons (Fsp3) is 0.333. The zero-order valence-electron chi connectivity index (χ0n) is 9.42. The molecule has 0 aliphatic rings. The molecule has 2 N–H and O–H groups in total. The molecule has 2 nitrogen and oxygen atoms in total. The molecule has 0 aliphatic heterocycles. The number of benzene rings is 1. The molecule has 1 atom stereocenters. The van der Waals surface area contributed by atoms with Gasteiger partial charge in [-0.2, -0.15) is 13.2 Å². The van der Waals surface area contributed by atoms with Crippen molar-refractivity contribution in [3.05, 3.63) is 42.0 Å². The molecule has 17 heavy (non-hydrogen) atoms. The van der Waals surface area contributed by atoms with Gasteiger partial charge in [0.2, 0.25) is 0 Å². The Labute approximate surface area is 97.9 Å². The van der Waals surface area contributed by atoms with E-state index in [1.165, 1.54) is 13.2 Å². The van der Waals surface area contributed by atoms with Gasteiger partial charge >= 0.3 is 6.18 Å². The highest BCUT2D eigenvalue weighted by Gasteiger charge is 2.31. The van der Waals surface area contributed by atoms with Crippen LogP contribution in [-0.4, -0.2) is 7.11 Å². The summed E-state index contributed by atoms with van der Waals surface area (Å²) in [7, 11) is 1.32. The summed E-state index contributed by atoms with van der Waals surface area (Å²) in [5, 5.41) is 0. The van der Waals surface area contributed by atoms with Crippen LogP contribution in [0.5, 0.6) is 5.75 Å². The molecule has 0 heterocycles. The third kappa shape index (κ3) is 3.23. The lowest BCUT2D eigenvalue weighted by Gasteiger charge is -2.16. The van der Waals surface area contributed by atoms with Crippen molar-refractivity contribution < 1.29 is 17.9 Å². The average Bonchev–Trinajstić information content (AvgIpc) is 2.27. The molecule has 0 unspecified atom stereocenters. The second-order valence-corrected chi connectivity index (χ2v) is 3.59. The summed E-state index contributed by atoms with van der Waals surface area (Å²) in [6.45, 7) is 3.54. The number of alkyl halides is 3. The van der Waals surface area contributed by atoms with Crippen LogP contribution in [0.3, 0.4) is 0 Å². The molecular weight excluding hydrogens is 231 g/mol. The molecule has 0 bridgehead atoms. The van der Waals surface area contributed by atoms with E-state index < -0.39 is 17.8 Å². The fourth-order valence-electron chi connectivity index (χ4n) is 1.50. The number of nitrogens with two attached hydrogens (primary N) is 1. The molecule has 0 spiro atoms. The van der Waals surface area contributed by atoms with Crippen molar-refractivity contribution in [2.24, 2.45) is 5.73 Å². The molecule has 1 rings (SSSR count). The van der Waals surface area contributed by atoms with Gasteiger partial charge in [0.25, 0.3) is 0 Å². The Bertz CT molecular complexity index is 401. The van der Waals surface area contributed by atoms with E-state index in [0.717, 1.165) is 12.1 Å². The number of rotatable bonds is 4. The third-order valence-electron chi connectivity index (χ3n) is 2.38. The molecule has 5 heteroatoms. The van der Waals surface area contributed by atoms with Gasteiger partial charge in [-0.05, 0) is 18.6 Å². The van der Waals surface area contributed by atoms with Crippen LogP contribution in [0.25, 0.3) is 0 Å². The lowest BCUT2D eigenvalue weighted by Crippen LogP contribution is -2.12. The largest absolute Gasteiger partial charge is 0.496 e. The Kier molecular flexibility index (Phi) is 4.17. The topological polar surface area (TPSA) is 35.2 Å². The zero-order chi connectivity index (χ0) is 13.1. The highest BCUT2D eigenvalue weighted by molar-refractivity contribution is 5.40. The van der Waals surface area contributed by atoms with Crippen LogP contribution in [-0.2, 0) is 6.18 Å². The first-order chi connectivity index (χ1) is 7.90. The second-order valence-electron chi connectivity index (χ2n) is 3.59. The highest BCUT2D eigenvalue weighted by Crippen LogP contribution is 2.35. The number of hydrogen-bond donors (Lipinski definition) is 1. The number of halogens is 3. The molecular formula is C12H14F3NO. The first-order valence-electron chi connectivity index (χ1n) is 5.01. The summed E-state index contributed by atoms with van der Waals surface area (Å²) in [6, 6.07) is 2.89. The summed E-state index contributed by atoms with van der Waals surface area (Å²) in [4.78, 5) is 0. The summed E-state index contributed by atoms with van der Waals surface area (Å²) >= 11 is 0. The maximum Gasteiger partial charge on any atom is 0.416 e. The molecule has 1 aromatic carbocycles.